The van der Waals surface area contributed by atoms with E-state index in [1.54, 1.807) is 22.9 Å². The second kappa shape index (κ2) is 12.4. The Balaban J connectivity index is 1.56. The summed E-state index contributed by atoms with van der Waals surface area (Å²) in [6.07, 6.45) is 0. The first-order valence-electron chi connectivity index (χ1n) is 12.6. The van der Waals surface area contributed by atoms with Crippen LogP contribution in [0.25, 0.3) is 5.69 Å². The number of anilines is 1. The van der Waals surface area contributed by atoms with Crippen LogP contribution in [0.5, 0.6) is 0 Å². The maximum atomic E-state index is 13.3. The molecule has 0 bridgehead atoms. The fourth-order valence-electron chi connectivity index (χ4n) is 3.89. The number of amides is 3. The predicted octanol–water partition coefficient (Wildman–Crippen LogP) is 6.83. The summed E-state index contributed by atoms with van der Waals surface area (Å²) in [6.45, 7) is 6.59. The minimum absolute atomic E-state index is 0.160. The molecule has 4 aromatic rings. The van der Waals surface area contributed by atoms with E-state index < -0.39 is 0 Å². The second-order valence-corrected chi connectivity index (χ2v) is 11.0. The molecule has 9 heteroatoms. The van der Waals surface area contributed by atoms with Crippen molar-refractivity contribution in [3.8, 4) is 5.69 Å². The van der Waals surface area contributed by atoms with E-state index >= 15 is 0 Å². The number of hydrogen-bond donors (Lipinski definition) is 2. The van der Waals surface area contributed by atoms with Crippen LogP contribution in [0.1, 0.15) is 37.6 Å². The van der Waals surface area contributed by atoms with Gasteiger partial charge in [-0.15, -0.1) is 0 Å². The molecule has 0 atom stereocenters. The molecule has 0 aliphatic rings. The molecule has 0 radical (unpaired) electrons. The van der Waals surface area contributed by atoms with Gasteiger partial charge in [0.05, 0.1) is 21.4 Å². The van der Waals surface area contributed by atoms with Crippen LogP contribution < -0.4 is 10.6 Å². The highest BCUT2D eigenvalue weighted by molar-refractivity contribution is 6.42. The summed E-state index contributed by atoms with van der Waals surface area (Å²) in [5.41, 5.74) is 3.05. The largest absolute Gasteiger partial charge is 0.334 e. The van der Waals surface area contributed by atoms with Gasteiger partial charge in [-0.05, 0) is 29.3 Å². The molecule has 4 rings (SSSR count). The molecule has 0 saturated carbocycles. The highest BCUT2D eigenvalue weighted by Crippen LogP contribution is 2.29. The minimum atomic E-state index is -0.359. The standard InChI is InChI=1S/C30H31Cl2N5O2/c1-30(2,3)26-17-27(37(35-26)23-14-15-24(31)25(32)16-23)34-28(38)20-36(19-22-12-8-5-9-13-22)29(39)33-18-21-10-6-4-7-11-21/h4-17H,18-20H2,1-3H3,(H,33,39)(H,34,38). The molecule has 1 aromatic heterocycles. The predicted molar refractivity (Wildman–Crippen MR) is 156 cm³/mol. The Labute approximate surface area is 238 Å². The summed E-state index contributed by atoms with van der Waals surface area (Å²) in [4.78, 5) is 28.0. The van der Waals surface area contributed by atoms with Crippen LogP contribution in [0.2, 0.25) is 10.0 Å². The van der Waals surface area contributed by atoms with Gasteiger partial charge in [-0.25, -0.2) is 9.48 Å². The number of carbonyl (C=O) groups excluding carboxylic acids is 2. The van der Waals surface area contributed by atoms with Crippen LogP contribution in [0.4, 0.5) is 10.6 Å². The Bertz CT molecular complexity index is 1430. The van der Waals surface area contributed by atoms with Crippen LogP contribution in [-0.4, -0.2) is 33.2 Å². The van der Waals surface area contributed by atoms with Gasteiger partial charge in [-0.2, -0.15) is 5.10 Å². The molecule has 0 fully saturated rings. The zero-order valence-electron chi connectivity index (χ0n) is 22.1. The average Bonchev–Trinajstić information content (AvgIpc) is 3.34. The lowest BCUT2D eigenvalue weighted by Gasteiger charge is -2.23. The van der Waals surface area contributed by atoms with E-state index in [4.69, 9.17) is 28.3 Å². The molecular formula is C30H31Cl2N5O2. The molecule has 39 heavy (non-hydrogen) atoms. The van der Waals surface area contributed by atoms with Crippen LogP contribution in [-0.2, 0) is 23.3 Å². The van der Waals surface area contributed by atoms with Gasteiger partial charge < -0.3 is 15.5 Å². The number of rotatable bonds is 8. The lowest BCUT2D eigenvalue weighted by Crippen LogP contribution is -2.43. The third kappa shape index (κ3) is 7.62. The first-order chi connectivity index (χ1) is 18.6. The number of carbonyl (C=O) groups is 2. The summed E-state index contributed by atoms with van der Waals surface area (Å²) >= 11 is 12.4. The third-order valence-electron chi connectivity index (χ3n) is 6.02. The number of nitrogens with zero attached hydrogens (tertiary/aromatic N) is 3. The van der Waals surface area contributed by atoms with Crippen LogP contribution >= 0.6 is 23.2 Å². The minimum Gasteiger partial charge on any atom is -0.334 e. The Morgan fingerprint density at radius 1 is 0.872 bits per heavy atom. The molecule has 3 aromatic carbocycles. The van der Waals surface area contributed by atoms with E-state index in [1.165, 1.54) is 4.90 Å². The van der Waals surface area contributed by atoms with E-state index in [9.17, 15) is 9.59 Å². The van der Waals surface area contributed by atoms with Crippen molar-refractivity contribution in [2.24, 2.45) is 0 Å². The normalized spacial score (nSPS) is 11.2. The first-order valence-corrected chi connectivity index (χ1v) is 13.3. The van der Waals surface area contributed by atoms with Crippen molar-refractivity contribution < 1.29 is 9.59 Å². The third-order valence-corrected chi connectivity index (χ3v) is 6.76. The Morgan fingerprint density at radius 3 is 2.13 bits per heavy atom. The number of hydrogen-bond acceptors (Lipinski definition) is 3. The summed E-state index contributed by atoms with van der Waals surface area (Å²) in [6, 6.07) is 25.8. The Hall–Kier alpha value is -3.81. The van der Waals surface area contributed by atoms with Crippen molar-refractivity contribution in [3.05, 3.63) is 112 Å². The number of urea groups is 1. The van der Waals surface area contributed by atoms with E-state index in [-0.39, 0.29) is 30.4 Å². The molecule has 0 aliphatic carbocycles. The number of aromatic nitrogens is 2. The maximum Gasteiger partial charge on any atom is 0.318 e. The van der Waals surface area contributed by atoms with Crippen molar-refractivity contribution in [1.82, 2.24) is 20.0 Å². The second-order valence-electron chi connectivity index (χ2n) is 10.2. The molecule has 1 heterocycles. The van der Waals surface area contributed by atoms with Gasteiger partial charge in [-0.1, -0.05) is 105 Å². The van der Waals surface area contributed by atoms with Gasteiger partial charge in [0.1, 0.15) is 12.4 Å². The first kappa shape index (κ1) is 28.2. The molecule has 0 saturated heterocycles. The lowest BCUT2D eigenvalue weighted by molar-refractivity contribution is -0.116. The van der Waals surface area contributed by atoms with Gasteiger partial charge in [-0.3, -0.25) is 4.79 Å². The van der Waals surface area contributed by atoms with Gasteiger partial charge >= 0.3 is 6.03 Å². The monoisotopic (exact) mass is 563 g/mol. The van der Waals surface area contributed by atoms with Crippen molar-refractivity contribution >= 4 is 41.0 Å². The molecule has 2 N–H and O–H groups in total. The molecular weight excluding hydrogens is 533 g/mol. The summed E-state index contributed by atoms with van der Waals surface area (Å²) < 4.78 is 1.62. The summed E-state index contributed by atoms with van der Waals surface area (Å²) in [7, 11) is 0. The highest BCUT2D eigenvalue weighted by atomic mass is 35.5. The molecule has 0 unspecified atom stereocenters. The van der Waals surface area contributed by atoms with E-state index in [0.717, 1.165) is 16.8 Å². The van der Waals surface area contributed by atoms with Crippen molar-refractivity contribution in [3.63, 3.8) is 0 Å². The molecule has 202 valence electrons. The van der Waals surface area contributed by atoms with Crippen molar-refractivity contribution in [2.75, 3.05) is 11.9 Å². The molecule has 0 aliphatic heterocycles. The number of nitrogens with one attached hydrogen (secondary N) is 2. The zero-order valence-corrected chi connectivity index (χ0v) is 23.6. The lowest BCUT2D eigenvalue weighted by atomic mass is 9.92. The quantitative estimate of drug-likeness (QED) is 0.246. The average molecular weight is 565 g/mol. The summed E-state index contributed by atoms with van der Waals surface area (Å²) in [5, 5.41) is 11.4. The van der Waals surface area contributed by atoms with Crippen LogP contribution in [0, 0.1) is 0 Å². The van der Waals surface area contributed by atoms with E-state index in [2.05, 4.69) is 10.6 Å². The van der Waals surface area contributed by atoms with Gasteiger partial charge in [0.2, 0.25) is 5.91 Å². The SMILES string of the molecule is CC(C)(C)c1cc(NC(=O)CN(Cc2ccccc2)C(=O)NCc2ccccc2)n(-c2ccc(Cl)c(Cl)c2)n1. The maximum absolute atomic E-state index is 13.3. The summed E-state index contributed by atoms with van der Waals surface area (Å²) in [5.74, 6) is 0.107. The number of halogens is 2. The number of benzene rings is 3. The van der Waals surface area contributed by atoms with Gasteiger partial charge in [0.25, 0.3) is 0 Å². The smallest absolute Gasteiger partial charge is 0.318 e. The highest BCUT2D eigenvalue weighted by Gasteiger charge is 2.23. The van der Waals surface area contributed by atoms with E-state index in [1.807, 2.05) is 87.5 Å². The molecule has 0 spiro atoms. The molecule has 3 amide bonds. The van der Waals surface area contributed by atoms with Gasteiger partial charge in [0.15, 0.2) is 0 Å². The fraction of sp³-hybridized carbons (Fsp3) is 0.233. The van der Waals surface area contributed by atoms with Gasteiger partial charge in [0, 0.05) is 24.6 Å². The van der Waals surface area contributed by atoms with Crippen molar-refractivity contribution in [2.45, 2.75) is 39.3 Å². The Kier molecular flexibility index (Phi) is 8.94. The van der Waals surface area contributed by atoms with E-state index in [0.29, 0.717) is 28.1 Å². The van der Waals surface area contributed by atoms with Crippen LogP contribution in [0.15, 0.2) is 84.9 Å². The molecule has 7 nitrogen and oxygen atoms in total. The Morgan fingerprint density at radius 2 is 1.51 bits per heavy atom. The fourth-order valence-corrected chi connectivity index (χ4v) is 4.19. The van der Waals surface area contributed by atoms with Crippen molar-refractivity contribution in [1.29, 1.82) is 0 Å². The van der Waals surface area contributed by atoms with Crippen LogP contribution in [0.3, 0.4) is 0 Å². The topological polar surface area (TPSA) is 79.3 Å². The zero-order chi connectivity index (χ0) is 28.0.